The Labute approximate surface area is 127 Å². The highest BCUT2D eigenvalue weighted by molar-refractivity contribution is 6.30. The molecule has 2 amide bonds. The molecule has 0 saturated carbocycles. The predicted octanol–water partition coefficient (Wildman–Crippen LogP) is 3.00. The average Bonchev–Trinajstić information content (AvgIpc) is 2.96. The summed E-state index contributed by atoms with van der Waals surface area (Å²) < 4.78 is 4.81. The van der Waals surface area contributed by atoms with Gasteiger partial charge in [-0.25, -0.2) is 0 Å². The minimum Gasteiger partial charge on any atom is -0.472 e. The fourth-order valence-electron chi connectivity index (χ4n) is 1.77. The van der Waals surface area contributed by atoms with Gasteiger partial charge in [-0.1, -0.05) is 11.6 Å². The van der Waals surface area contributed by atoms with Crippen LogP contribution in [0.5, 0.6) is 0 Å². The summed E-state index contributed by atoms with van der Waals surface area (Å²) >= 11 is 5.85. The Kier molecular flexibility index (Phi) is 5.00. The van der Waals surface area contributed by atoms with Gasteiger partial charge in [0.2, 0.25) is 5.91 Å². The van der Waals surface area contributed by atoms with Crippen molar-refractivity contribution >= 4 is 29.1 Å². The quantitative estimate of drug-likeness (QED) is 0.892. The topological polar surface area (TPSA) is 71.3 Å². The van der Waals surface area contributed by atoms with Crippen LogP contribution >= 0.6 is 11.6 Å². The molecular weight excluding hydrogens is 292 g/mol. The number of aryl methyl sites for hydroxylation is 1. The van der Waals surface area contributed by atoms with E-state index >= 15 is 0 Å². The third-order valence-electron chi connectivity index (χ3n) is 2.88. The van der Waals surface area contributed by atoms with Crippen molar-refractivity contribution in [3.8, 4) is 0 Å². The van der Waals surface area contributed by atoms with E-state index in [0.717, 1.165) is 5.56 Å². The third-order valence-corrected chi connectivity index (χ3v) is 3.12. The molecule has 2 N–H and O–H groups in total. The highest BCUT2D eigenvalue weighted by Gasteiger charge is 2.08. The van der Waals surface area contributed by atoms with Gasteiger partial charge in [-0.05, 0) is 36.8 Å². The van der Waals surface area contributed by atoms with Crippen molar-refractivity contribution in [2.45, 2.75) is 13.3 Å². The molecule has 0 aliphatic rings. The Bertz CT molecular complexity index is 638. The molecule has 0 aliphatic heterocycles. The second-order valence-electron chi connectivity index (χ2n) is 4.53. The van der Waals surface area contributed by atoms with Gasteiger partial charge < -0.3 is 15.1 Å². The van der Waals surface area contributed by atoms with Gasteiger partial charge >= 0.3 is 0 Å². The molecule has 0 spiro atoms. The number of anilines is 1. The average molecular weight is 307 g/mol. The fraction of sp³-hybridized carbons (Fsp3) is 0.200. The van der Waals surface area contributed by atoms with Crippen molar-refractivity contribution in [2.75, 3.05) is 11.9 Å². The number of carbonyl (C=O) groups excluding carboxylic acids is 2. The SMILES string of the molecule is Cc1cc(Cl)ccc1NC(=O)CCNC(=O)c1ccoc1. The molecule has 5 nitrogen and oxygen atoms in total. The van der Waals surface area contributed by atoms with Gasteiger partial charge in [0.05, 0.1) is 11.8 Å². The summed E-state index contributed by atoms with van der Waals surface area (Å²) in [5.74, 6) is -0.438. The zero-order chi connectivity index (χ0) is 15.2. The highest BCUT2D eigenvalue weighted by atomic mass is 35.5. The first-order valence-corrected chi connectivity index (χ1v) is 6.80. The summed E-state index contributed by atoms with van der Waals surface area (Å²) in [6, 6.07) is 6.80. The molecule has 1 aromatic heterocycles. The predicted molar refractivity (Wildman–Crippen MR) is 80.5 cm³/mol. The van der Waals surface area contributed by atoms with Crippen molar-refractivity contribution < 1.29 is 14.0 Å². The molecule has 0 aliphatic carbocycles. The zero-order valence-corrected chi connectivity index (χ0v) is 12.2. The molecule has 6 heteroatoms. The largest absolute Gasteiger partial charge is 0.472 e. The molecule has 110 valence electrons. The van der Waals surface area contributed by atoms with Crippen molar-refractivity contribution in [2.24, 2.45) is 0 Å². The van der Waals surface area contributed by atoms with Crippen LogP contribution in [0.4, 0.5) is 5.69 Å². The summed E-state index contributed by atoms with van der Waals surface area (Å²) in [5, 5.41) is 6.05. The van der Waals surface area contributed by atoms with E-state index < -0.39 is 0 Å². The molecule has 1 heterocycles. The van der Waals surface area contributed by atoms with E-state index in [4.69, 9.17) is 16.0 Å². The summed E-state index contributed by atoms with van der Waals surface area (Å²) in [6.07, 6.45) is 2.96. The van der Waals surface area contributed by atoms with Crippen LogP contribution in [0.15, 0.2) is 41.2 Å². The van der Waals surface area contributed by atoms with Gasteiger partial charge in [0.15, 0.2) is 0 Å². The number of hydrogen-bond donors (Lipinski definition) is 2. The molecule has 1 aromatic carbocycles. The molecule has 0 fully saturated rings. The smallest absolute Gasteiger partial charge is 0.254 e. The fourth-order valence-corrected chi connectivity index (χ4v) is 1.99. The van der Waals surface area contributed by atoms with E-state index in [2.05, 4.69) is 10.6 Å². The zero-order valence-electron chi connectivity index (χ0n) is 11.5. The van der Waals surface area contributed by atoms with Crippen LogP contribution in [0.2, 0.25) is 5.02 Å². The number of benzene rings is 1. The van der Waals surface area contributed by atoms with Crippen LogP contribution in [-0.2, 0) is 4.79 Å². The monoisotopic (exact) mass is 306 g/mol. The maximum atomic E-state index is 11.8. The maximum Gasteiger partial charge on any atom is 0.254 e. The van der Waals surface area contributed by atoms with Gasteiger partial charge in [0.25, 0.3) is 5.91 Å². The first-order valence-electron chi connectivity index (χ1n) is 6.42. The number of rotatable bonds is 5. The van der Waals surface area contributed by atoms with E-state index in [1.807, 2.05) is 6.92 Å². The number of nitrogens with one attached hydrogen (secondary N) is 2. The summed E-state index contributed by atoms with van der Waals surface area (Å²) in [4.78, 5) is 23.4. The molecule has 0 saturated heterocycles. The Morgan fingerprint density at radius 1 is 1.29 bits per heavy atom. The lowest BCUT2D eigenvalue weighted by atomic mass is 10.2. The molecule has 2 rings (SSSR count). The van der Waals surface area contributed by atoms with E-state index in [-0.39, 0.29) is 24.8 Å². The number of hydrogen-bond acceptors (Lipinski definition) is 3. The van der Waals surface area contributed by atoms with Crippen molar-refractivity contribution in [3.05, 3.63) is 52.9 Å². The Balaban J connectivity index is 1.78. The normalized spacial score (nSPS) is 10.2. The van der Waals surface area contributed by atoms with Gasteiger partial charge in [-0.2, -0.15) is 0 Å². The van der Waals surface area contributed by atoms with Crippen molar-refractivity contribution in [1.82, 2.24) is 5.32 Å². The minimum absolute atomic E-state index is 0.173. The highest BCUT2D eigenvalue weighted by Crippen LogP contribution is 2.19. The first kappa shape index (κ1) is 15.1. The molecular formula is C15H15ClN2O3. The number of amides is 2. The van der Waals surface area contributed by atoms with Crippen LogP contribution in [0.3, 0.4) is 0 Å². The Hall–Kier alpha value is -2.27. The lowest BCUT2D eigenvalue weighted by molar-refractivity contribution is -0.116. The van der Waals surface area contributed by atoms with Crippen LogP contribution in [0.1, 0.15) is 22.3 Å². The Morgan fingerprint density at radius 2 is 2.10 bits per heavy atom. The lowest BCUT2D eigenvalue weighted by Crippen LogP contribution is -2.27. The number of furan rings is 1. The second kappa shape index (κ2) is 6.95. The minimum atomic E-state index is -0.265. The van der Waals surface area contributed by atoms with E-state index in [1.165, 1.54) is 12.5 Å². The van der Waals surface area contributed by atoms with Crippen LogP contribution in [-0.4, -0.2) is 18.4 Å². The van der Waals surface area contributed by atoms with Gasteiger partial charge in [-0.15, -0.1) is 0 Å². The van der Waals surface area contributed by atoms with Crippen molar-refractivity contribution in [1.29, 1.82) is 0 Å². The molecule has 0 bridgehead atoms. The lowest BCUT2D eigenvalue weighted by Gasteiger charge is -2.09. The second-order valence-corrected chi connectivity index (χ2v) is 4.96. The molecule has 2 aromatic rings. The maximum absolute atomic E-state index is 11.8. The van der Waals surface area contributed by atoms with Crippen molar-refractivity contribution in [3.63, 3.8) is 0 Å². The van der Waals surface area contributed by atoms with E-state index in [0.29, 0.717) is 16.3 Å². The van der Waals surface area contributed by atoms with Gasteiger partial charge in [0, 0.05) is 23.7 Å². The van der Waals surface area contributed by atoms with Gasteiger partial charge in [-0.3, -0.25) is 9.59 Å². The van der Waals surface area contributed by atoms with E-state index in [9.17, 15) is 9.59 Å². The molecule has 21 heavy (non-hydrogen) atoms. The summed E-state index contributed by atoms with van der Waals surface area (Å²) in [5.41, 5.74) is 2.03. The third kappa shape index (κ3) is 4.36. The standard InChI is InChI=1S/C15H15ClN2O3/c1-10-8-12(16)2-3-13(10)18-14(19)4-6-17-15(20)11-5-7-21-9-11/h2-3,5,7-9H,4,6H2,1H3,(H,17,20)(H,18,19). The summed E-state index contributed by atoms with van der Waals surface area (Å²) in [6.45, 7) is 2.12. The van der Waals surface area contributed by atoms with Crippen LogP contribution in [0, 0.1) is 6.92 Å². The summed E-state index contributed by atoms with van der Waals surface area (Å²) in [7, 11) is 0. The molecule has 0 unspecified atom stereocenters. The first-order chi connectivity index (χ1) is 10.1. The molecule has 0 radical (unpaired) electrons. The van der Waals surface area contributed by atoms with Gasteiger partial charge in [0.1, 0.15) is 6.26 Å². The Morgan fingerprint density at radius 3 is 2.76 bits per heavy atom. The number of halogens is 1. The molecule has 0 atom stereocenters. The van der Waals surface area contributed by atoms with Crippen LogP contribution < -0.4 is 10.6 Å². The number of carbonyl (C=O) groups is 2. The van der Waals surface area contributed by atoms with Crippen LogP contribution in [0.25, 0.3) is 0 Å². The van der Waals surface area contributed by atoms with E-state index in [1.54, 1.807) is 24.3 Å².